The number of carbonyl (C=O) groups is 2. The van der Waals surface area contributed by atoms with Gasteiger partial charge in [-0.1, -0.05) is 12.1 Å². The molecule has 0 saturated carbocycles. The van der Waals surface area contributed by atoms with Crippen LogP contribution in [0.3, 0.4) is 0 Å². The van der Waals surface area contributed by atoms with Crippen molar-refractivity contribution in [1.29, 1.82) is 0 Å². The summed E-state index contributed by atoms with van der Waals surface area (Å²) in [6.45, 7) is 7.09. The molecule has 27 heavy (non-hydrogen) atoms. The van der Waals surface area contributed by atoms with Gasteiger partial charge in [0.25, 0.3) is 10.1 Å². The van der Waals surface area contributed by atoms with Gasteiger partial charge in [0.2, 0.25) is 0 Å². The Morgan fingerprint density at radius 3 is 2.41 bits per heavy atom. The minimum absolute atomic E-state index is 0.0694. The van der Waals surface area contributed by atoms with E-state index in [4.69, 9.17) is 14.0 Å². The number of hydrogen-bond donors (Lipinski definition) is 1. The number of carboxylic acid groups (broad SMARTS) is 1. The van der Waals surface area contributed by atoms with Crippen molar-refractivity contribution in [3.8, 4) is 0 Å². The van der Waals surface area contributed by atoms with Crippen LogP contribution in [0.5, 0.6) is 0 Å². The van der Waals surface area contributed by atoms with E-state index in [2.05, 4.69) is 0 Å². The zero-order valence-corrected chi connectivity index (χ0v) is 17.1. The van der Waals surface area contributed by atoms with Crippen LogP contribution in [0.15, 0.2) is 24.3 Å². The maximum absolute atomic E-state index is 12.6. The quantitative estimate of drug-likeness (QED) is 0.526. The fourth-order valence-corrected chi connectivity index (χ4v) is 2.74. The Labute approximate surface area is 160 Å². The molecule has 0 aliphatic carbocycles. The molecular formula is C18H27NO7S. The number of ether oxygens (including phenoxy) is 1. The smallest absolute Gasteiger partial charge is 0.410 e. The average Bonchev–Trinajstić information content (AvgIpc) is 2.51. The molecule has 0 aliphatic heterocycles. The van der Waals surface area contributed by atoms with E-state index in [9.17, 15) is 18.0 Å². The maximum atomic E-state index is 12.6. The Balaban J connectivity index is 2.99. The van der Waals surface area contributed by atoms with Crippen LogP contribution >= 0.6 is 0 Å². The van der Waals surface area contributed by atoms with E-state index in [0.717, 1.165) is 6.26 Å². The van der Waals surface area contributed by atoms with Gasteiger partial charge in [0.05, 0.1) is 24.5 Å². The highest BCUT2D eigenvalue weighted by Gasteiger charge is 2.27. The highest BCUT2D eigenvalue weighted by molar-refractivity contribution is 7.85. The van der Waals surface area contributed by atoms with Crippen LogP contribution in [0.2, 0.25) is 0 Å². The number of carboxylic acids is 1. The minimum Gasteiger partial charge on any atom is -0.478 e. The first kappa shape index (κ1) is 22.9. The number of carbonyl (C=O) groups excluding carboxylic acids is 1. The molecule has 0 saturated heterocycles. The van der Waals surface area contributed by atoms with E-state index in [-0.39, 0.29) is 25.1 Å². The second kappa shape index (κ2) is 9.18. The van der Waals surface area contributed by atoms with Gasteiger partial charge in [0, 0.05) is 6.54 Å². The summed E-state index contributed by atoms with van der Waals surface area (Å²) in [4.78, 5) is 25.2. The maximum Gasteiger partial charge on any atom is 0.410 e. The lowest BCUT2D eigenvalue weighted by atomic mass is 10.0. The number of amides is 1. The van der Waals surface area contributed by atoms with E-state index < -0.39 is 33.8 Å². The van der Waals surface area contributed by atoms with Crippen molar-refractivity contribution in [1.82, 2.24) is 4.90 Å². The van der Waals surface area contributed by atoms with Gasteiger partial charge in [-0.15, -0.1) is 0 Å². The molecule has 1 atom stereocenters. The van der Waals surface area contributed by atoms with Crippen LogP contribution in [-0.2, 0) is 19.0 Å². The van der Waals surface area contributed by atoms with E-state index in [0.29, 0.717) is 5.56 Å². The van der Waals surface area contributed by atoms with Crippen molar-refractivity contribution >= 4 is 22.2 Å². The largest absolute Gasteiger partial charge is 0.478 e. The summed E-state index contributed by atoms with van der Waals surface area (Å²) in [6, 6.07) is 5.82. The average molecular weight is 401 g/mol. The molecule has 0 heterocycles. The number of nitrogens with zero attached hydrogens (tertiary/aromatic N) is 1. The molecule has 8 nitrogen and oxygen atoms in total. The van der Waals surface area contributed by atoms with Crippen LogP contribution in [0, 0.1) is 0 Å². The zero-order chi connectivity index (χ0) is 20.8. The topological polar surface area (TPSA) is 110 Å². The number of aromatic carboxylic acids is 1. The monoisotopic (exact) mass is 401 g/mol. The van der Waals surface area contributed by atoms with Crippen molar-refractivity contribution in [2.45, 2.75) is 45.8 Å². The van der Waals surface area contributed by atoms with Gasteiger partial charge in [-0.25, -0.2) is 9.59 Å². The first-order valence-corrected chi connectivity index (χ1v) is 10.3. The Bertz CT molecular complexity index is 768. The Hall–Kier alpha value is -2.13. The standard InChI is InChI=1S/C18H27NO7S/c1-13(14-8-6-9-15(12-14)16(20)21)19(17(22)26-18(2,3)4)10-7-11-25-27(5,23)24/h6,8-9,12-13H,7,10-11H2,1-5H3,(H,20,21). The second-order valence-corrected chi connectivity index (χ2v) is 8.80. The van der Waals surface area contributed by atoms with Crippen LogP contribution in [0.4, 0.5) is 4.79 Å². The molecule has 0 radical (unpaired) electrons. The highest BCUT2D eigenvalue weighted by Crippen LogP contribution is 2.24. The molecule has 1 amide bonds. The van der Waals surface area contributed by atoms with Crippen molar-refractivity contribution in [2.24, 2.45) is 0 Å². The zero-order valence-electron chi connectivity index (χ0n) is 16.3. The molecule has 1 unspecified atom stereocenters. The van der Waals surface area contributed by atoms with Crippen molar-refractivity contribution < 1.29 is 32.0 Å². The van der Waals surface area contributed by atoms with Crippen molar-refractivity contribution in [3.63, 3.8) is 0 Å². The molecule has 0 aromatic heterocycles. The predicted molar refractivity (Wildman–Crippen MR) is 100 cm³/mol. The van der Waals surface area contributed by atoms with E-state index in [1.54, 1.807) is 39.8 Å². The molecule has 1 aromatic rings. The molecule has 152 valence electrons. The van der Waals surface area contributed by atoms with Gasteiger partial charge in [-0.3, -0.25) is 4.18 Å². The van der Waals surface area contributed by atoms with Crippen LogP contribution in [0.25, 0.3) is 0 Å². The second-order valence-electron chi connectivity index (χ2n) is 7.16. The number of rotatable bonds is 8. The fourth-order valence-electron chi connectivity index (χ4n) is 2.32. The third kappa shape index (κ3) is 8.40. The van der Waals surface area contributed by atoms with Gasteiger partial charge in [0.15, 0.2) is 0 Å². The van der Waals surface area contributed by atoms with Gasteiger partial charge in [0.1, 0.15) is 5.60 Å². The van der Waals surface area contributed by atoms with Gasteiger partial charge >= 0.3 is 12.1 Å². The summed E-state index contributed by atoms with van der Waals surface area (Å²) in [5.41, 5.74) is 0.0370. The first-order chi connectivity index (χ1) is 12.3. The Morgan fingerprint density at radius 1 is 1.26 bits per heavy atom. The fraction of sp³-hybridized carbons (Fsp3) is 0.556. The summed E-state index contributed by atoms with van der Waals surface area (Å²) < 4.78 is 32.3. The summed E-state index contributed by atoms with van der Waals surface area (Å²) in [5.74, 6) is -1.06. The van der Waals surface area contributed by atoms with E-state index in [1.165, 1.54) is 17.0 Å². The lowest BCUT2D eigenvalue weighted by Crippen LogP contribution is -2.39. The first-order valence-electron chi connectivity index (χ1n) is 8.47. The minimum atomic E-state index is -3.56. The summed E-state index contributed by atoms with van der Waals surface area (Å²) >= 11 is 0. The lowest BCUT2D eigenvalue weighted by Gasteiger charge is -2.32. The highest BCUT2D eigenvalue weighted by atomic mass is 32.2. The molecule has 1 N–H and O–H groups in total. The molecule has 0 bridgehead atoms. The van der Waals surface area contributed by atoms with Crippen LogP contribution in [0.1, 0.15) is 56.1 Å². The number of hydrogen-bond acceptors (Lipinski definition) is 6. The van der Waals surface area contributed by atoms with E-state index in [1.807, 2.05) is 0 Å². The third-order valence-electron chi connectivity index (χ3n) is 3.55. The van der Waals surface area contributed by atoms with Crippen LogP contribution in [-0.4, -0.2) is 55.5 Å². The molecule has 0 aliphatic rings. The van der Waals surface area contributed by atoms with E-state index >= 15 is 0 Å². The third-order valence-corrected chi connectivity index (χ3v) is 4.15. The molecule has 0 fully saturated rings. The molecule has 1 rings (SSSR count). The number of benzene rings is 1. The van der Waals surface area contributed by atoms with Crippen molar-refractivity contribution in [3.05, 3.63) is 35.4 Å². The molecule has 9 heteroatoms. The SMILES string of the molecule is CC(c1cccc(C(=O)O)c1)N(CCCOS(C)(=O)=O)C(=O)OC(C)(C)C. The summed E-state index contributed by atoms with van der Waals surface area (Å²) in [6.07, 6.45) is 0.656. The predicted octanol–water partition coefficient (Wildman–Crippen LogP) is 3.05. The van der Waals surface area contributed by atoms with Gasteiger partial charge in [-0.2, -0.15) is 8.42 Å². The normalized spacial score (nSPS) is 13.1. The van der Waals surface area contributed by atoms with Crippen LogP contribution < -0.4 is 0 Å². The van der Waals surface area contributed by atoms with Crippen molar-refractivity contribution in [2.75, 3.05) is 19.4 Å². The van der Waals surface area contributed by atoms with Gasteiger partial charge in [-0.05, 0) is 51.8 Å². The summed E-state index contributed by atoms with van der Waals surface area (Å²) in [5, 5.41) is 9.16. The Kier molecular flexibility index (Phi) is 7.79. The summed E-state index contributed by atoms with van der Waals surface area (Å²) in [7, 11) is -3.56. The van der Waals surface area contributed by atoms with Gasteiger partial charge < -0.3 is 14.7 Å². The lowest BCUT2D eigenvalue weighted by molar-refractivity contribution is 0.0165. The molecule has 1 aromatic carbocycles. The molecular weight excluding hydrogens is 374 g/mol. The Morgan fingerprint density at radius 2 is 1.89 bits per heavy atom. The molecule has 0 spiro atoms.